The lowest BCUT2D eigenvalue weighted by Crippen LogP contribution is -2.58. The largest absolute Gasteiger partial charge is 0.354 e. The molecule has 0 spiro atoms. The minimum atomic E-state index is -0.389. The average Bonchev–Trinajstić information content (AvgIpc) is 2.45. The first-order chi connectivity index (χ1) is 10.6. The van der Waals surface area contributed by atoms with Crippen LogP contribution in [0.15, 0.2) is 22.7 Å². The fourth-order valence-electron chi connectivity index (χ4n) is 3.22. The van der Waals surface area contributed by atoms with E-state index in [1.807, 2.05) is 4.90 Å². The smallest absolute Gasteiger partial charge is 0.293 e. The van der Waals surface area contributed by atoms with Gasteiger partial charge in [-0.25, -0.2) is 0 Å². The van der Waals surface area contributed by atoms with E-state index in [1.165, 1.54) is 25.3 Å². The second-order valence-corrected chi connectivity index (χ2v) is 6.78. The zero-order chi connectivity index (χ0) is 15.7. The molecule has 0 bridgehead atoms. The highest BCUT2D eigenvalue weighted by Crippen LogP contribution is 2.34. The predicted molar refractivity (Wildman–Crippen MR) is 87.2 cm³/mol. The monoisotopic (exact) mass is 367 g/mol. The van der Waals surface area contributed by atoms with Crippen LogP contribution in [0.4, 0.5) is 11.4 Å². The number of nitro benzene ring substituents is 1. The van der Waals surface area contributed by atoms with E-state index in [0.717, 1.165) is 12.8 Å². The van der Waals surface area contributed by atoms with Crippen molar-refractivity contribution >= 4 is 33.6 Å². The molecule has 3 rings (SSSR count). The number of anilines is 1. The Kier molecular flexibility index (Phi) is 4.44. The Morgan fingerprint density at radius 1 is 1.32 bits per heavy atom. The van der Waals surface area contributed by atoms with E-state index < -0.39 is 0 Å². The summed E-state index contributed by atoms with van der Waals surface area (Å²) in [5.74, 6) is 0. The molecular weight excluding hydrogens is 350 g/mol. The summed E-state index contributed by atoms with van der Waals surface area (Å²) < 4.78 is 0.665. The molecule has 118 valence electrons. The second kappa shape index (κ2) is 6.34. The highest BCUT2D eigenvalue weighted by Gasteiger charge is 2.35. The van der Waals surface area contributed by atoms with E-state index in [4.69, 9.17) is 0 Å². The second-order valence-electron chi connectivity index (χ2n) is 5.87. The van der Waals surface area contributed by atoms with E-state index in [-0.39, 0.29) is 16.7 Å². The van der Waals surface area contributed by atoms with Crippen molar-refractivity contribution < 1.29 is 9.72 Å². The van der Waals surface area contributed by atoms with Gasteiger partial charge in [0.05, 0.1) is 11.0 Å². The molecule has 1 aliphatic heterocycles. The number of benzene rings is 1. The quantitative estimate of drug-likeness (QED) is 0.464. The van der Waals surface area contributed by atoms with E-state index in [2.05, 4.69) is 20.8 Å². The SMILES string of the molecule is O=CC1CN(C2CCC2)CCN1c1ccc(Br)cc1[N+](=O)[O-]. The number of nitrogens with zero attached hydrogens (tertiary/aromatic N) is 3. The lowest BCUT2D eigenvalue weighted by molar-refractivity contribution is -0.384. The van der Waals surface area contributed by atoms with Gasteiger partial charge in [0.25, 0.3) is 5.69 Å². The van der Waals surface area contributed by atoms with Crippen LogP contribution in [-0.2, 0) is 4.79 Å². The van der Waals surface area contributed by atoms with Gasteiger partial charge >= 0.3 is 0 Å². The Balaban J connectivity index is 1.85. The van der Waals surface area contributed by atoms with E-state index in [1.54, 1.807) is 12.1 Å². The number of halogens is 1. The third-order valence-corrected chi connectivity index (χ3v) is 5.14. The molecule has 0 amide bonds. The van der Waals surface area contributed by atoms with E-state index >= 15 is 0 Å². The minimum Gasteiger partial charge on any atom is -0.354 e. The number of aldehydes is 1. The number of hydrogen-bond acceptors (Lipinski definition) is 5. The van der Waals surface area contributed by atoms with Crippen molar-refractivity contribution in [2.75, 3.05) is 24.5 Å². The van der Waals surface area contributed by atoms with Gasteiger partial charge in [-0.1, -0.05) is 22.4 Å². The topological polar surface area (TPSA) is 66.7 Å². The van der Waals surface area contributed by atoms with Crippen molar-refractivity contribution in [2.24, 2.45) is 0 Å². The number of hydrogen-bond donors (Lipinski definition) is 0. The first-order valence-corrected chi connectivity index (χ1v) is 8.29. The molecule has 0 N–H and O–H groups in total. The molecule has 1 aliphatic carbocycles. The summed E-state index contributed by atoms with van der Waals surface area (Å²) in [5, 5.41) is 11.3. The lowest BCUT2D eigenvalue weighted by atomic mass is 9.90. The molecule has 2 fully saturated rings. The van der Waals surface area contributed by atoms with Crippen LogP contribution in [0.5, 0.6) is 0 Å². The zero-order valence-corrected chi connectivity index (χ0v) is 13.7. The van der Waals surface area contributed by atoms with Crippen LogP contribution in [-0.4, -0.2) is 47.8 Å². The standard InChI is InChI=1S/C15H18BrN3O3/c16-11-4-5-14(15(8-11)19(21)22)18-7-6-17(9-13(18)10-20)12-2-1-3-12/h4-5,8,10,12-13H,1-3,6-7,9H2. The van der Waals surface area contributed by atoms with Gasteiger partial charge in [0.15, 0.2) is 0 Å². The van der Waals surface area contributed by atoms with Crippen LogP contribution in [0.25, 0.3) is 0 Å². The van der Waals surface area contributed by atoms with Gasteiger partial charge in [0.2, 0.25) is 0 Å². The third kappa shape index (κ3) is 2.87. The van der Waals surface area contributed by atoms with Crippen LogP contribution < -0.4 is 4.90 Å². The minimum absolute atomic E-state index is 0.0401. The summed E-state index contributed by atoms with van der Waals surface area (Å²) in [6.45, 7) is 2.14. The fourth-order valence-corrected chi connectivity index (χ4v) is 3.57. The first-order valence-electron chi connectivity index (χ1n) is 7.50. The highest BCUT2D eigenvalue weighted by molar-refractivity contribution is 9.10. The van der Waals surface area contributed by atoms with Gasteiger partial charge in [0, 0.05) is 36.2 Å². The summed E-state index contributed by atoms with van der Waals surface area (Å²) in [5.41, 5.74) is 0.567. The van der Waals surface area contributed by atoms with Gasteiger partial charge in [-0.3, -0.25) is 15.0 Å². The Morgan fingerprint density at radius 3 is 2.68 bits per heavy atom. The molecule has 1 aromatic carbocycles. The molecular formula is C15H18BrN3O3. The number of carbonyl (C=O) groups excluding carboxylic acids is 1. The molecule has 1 heterocycles. The maximum atomic E-state index is 11.5. The number of piperazine rings is 1. The summed E-state index contributed by atoms with van der Waals surface area (Å²) in [4.78, 5) is 26.6. The first kappa shape index (κ1) is 15.4. The number of rotatable bonds is 4. The van der Waals surface area contributed by atoms with Gasteiger partial charge in [-0.05, 0) is 25.0 Å². The zero-order valence-electron chi connectivity index (χ0n) is 12.2. The Morgan fingerprint density at radius 2 is 2.09 bits per heavy atom. The third-order valence-electron chi connectivity index (χ3n) is 4.64. The molecule has 1 atom stereocenters. The van der Waals surface area contributed by atoms with Gasteiger partial charge in [-0.2, -0.15) is 0 Å². The van der Waals surface area contributed by atoms with Gasteiger partial charge in [-0.15, -0.1) is 0 Å². The molecule has 0 radical (unpaired) electrons. The van der Waals surface area contributed by atoms with E-state index in [0.29, 0.717) is 29.3 Å². The predicted octanol–water partition coefficient (Wildman–Crippen LogP) is 2.60. The van der Waals surface area contributed by atoms with Crippen molar-refractivity contribution in [1.82, 2.24) is 4.90 Å². The van der Waals surface area contributed by atoms with Gasteiger partial charge in [0.1, 0.15) is 12.0 Å². The molecule has 2 aliphatic rings. The summed E-state index contributed by atoms with van der Waals surface area (Å²) in [7, 11) is 0. The van der Waals surface area contributed by atoms with Crippen LogP contribution in [0.3, 0.4) is 0 Å². The van der Waals surface area contributed by atoms with Crippen LogP contribution in [0, 0.1) is 10.1 Å². The van der Waals surface area contributed by atoms with Crippen LogP contribution in [0.1, 0.15) is 19.3 Å². The molecule has 1 saturated heterocycles. The maximum Gasteiger partial charge on any atom is 0.293 e. The maximum absolute atomic E-state index is 11.5. The lowest BCUT2D eigenvalue weighted by Gasteiger charge is -2.46. The number of carbonyl (C=O) groups is 1. The Bertz CT molecular complexity index is 591. The normalized spacial score (nSPS) is 23.1. The van der Waals surface area contributed by atoms with E-state index in [9.17, 15) is 14.9 Å². The Hall–Kier alpha value is -1.47. The average molecular weight is 368 g/mol. The van der Waals surface area contributed by atoms with Crippen LogP contribution >= 0.6 is 15.9 Å². The molecule has 1 aromatic rings. The van der Waals surface area contributed by atoms with Crippen molar-refractivity contribution in [3.05, 3.63) is 32.8 Å². The van der Waals surface area contributed by atoms with Crippen molar-refractivity contribution in [3.63, 3.8) is 0 Å². The number of nitro groups is 1. The van der Waals surface area contributed by atoms with Crippen molar-refractivity contribution in [1.29, 1.82) is 0 Å². The molecule has 0 aromatic heterocycles. The molecule has 22 heavy (non-hydrogen) atoms. The Labute approximate surface area is 137 Å². The van der Waals surface area contributed by atoms with Crippen molar-refractivity contribution in [3.8, 4) is 0 Å². The summed E-state index contributed by atoms with van der Waals surface area (Å²) in [6, 6.07) is 5.26. The summed E-state index contributed by atoms with van der Waals surface area (Å²) in [6.07, 6.45) is 4.57. The molecule has 6 nitrogen and oxygen atoms in total. The fraction of sp³-hybridized carbons (Fsp3) is 0.533. The van der Waals surface area contributed by atoms with Gasteiger partial charge < -0.3 is 9.69 Å². The highest BCUT2D eigenvalue weighted by atomic mass is 79.9. The summed E-state index contributed by atoms with van der Waals surface area (Å²) >= 11 is 3.27. The van der Waals surface area contributed by atoms with Crippen molar-refractivity contribution in [2.45, 2.75) is 31.3 Å². The molecule has 1 saturated carbocycles. The molecule has 7 heteroatoms. The van der Waals surface area contributed by atoms with Crippen LogP contribution in [0.2, 0.25) is 0 Å². The molecule has 1 unspecified atom stereocenters.